The van der Waals surface area contributed by atoms with Crippen LogP contribution in [0.15, 0.2) is 6.07 Å². The fraction of sp³-hybridized carbons (Fsp3) is 0.300. The molecule has 5 nitrogen and oxygen atoms in total. The van der Waals surface area contributed by atoms with Gasteiger partial charge >= 0.3 is 0 Å². The molecular weight excluding hydrogens is 217 g/mol. The Morgan fingerprint density at radius 3 is 3.00 bits per heavy atom. The van der Waals surface area contributed by atoms with Crippen LogP contribution in [0.1, 0.15) is 10.4 Å². The average molecular weight is 227 g/mol. The van der Waals surface area contributed by atoms with Gasteiger partial charge in [0.2, 0.25) is 6.79 Å². The molecule has 0 saturated heterocycles. The fourth-order valence-electron chi connectivity index (χ4n) is 1.50. The number of Topliss-reactive ketones (excluding diaryl/α,β-unsaturated/α-hetero) is 1. The third kappa shape index (κ3) is 1.47. The van der Waals surface area contributed by atoms with E-state index in [1.807, 2.05) is 0 Å². The van der Waals surface area contributed by atoms with Crippen LogP contribution in [0, 0.1) is 5.82 Å². The topological polar surface area (TPSA) is 70.8 Å². The largest absolute Gasteiger partial charge is 0.494 e. The van der Waals surface area contributed by atoms with Gasteiger partial charge in [-0.05, 0) is 0 Å². The van der Waals surface area contributed by atoms with E-state index in [0.717, 1.165) is 0 Å². The monoisotopic (exact) mass is 227 g/mol. The summed E-state index contributed by atoms with van der Waals surface area (Å²) >= 11 is 0. The van der Waals surface area contributed by atoms with Crippen molar-refractivity contribution < 1.29 is 23.4 Å². The maximum absolute atomic E-state index is 13.8. The van der Waals surface area contributed by atoms with Crippen LogP contribution >= 0.6 is 0 Å². The number of ether oxygens (including phenoxy) is 3. The van der Waals surface area contributed by atoms with E-state index in [9.17, 15) is 9.18 Å². The van der Waals surface area contributed by atoms with Gasteiger partial charge < -0.3 is 19.9 Å². The van der Waals surface area contributed by atoms with Gasteiger partial charge in [-0.3, -0.25) is 4.79 Å². The van der Waals surface area contributed by atoms with Crippen LogP contribution in [0.4, 0.5) is 4.39 Å². The van der Waals surface area contributed by atoms with Gasteiger partial charge in [-0.15, -0.1) is 0 Å². The minimum atomic E-state index is -0.776. The van der Waals surface area contributed by atoms with E-state index in [1.165, 1.54) is 13.2 Å². The number of fused-ring (bicyclic) bond motifs is 1. The highest BCUT2D eigenvalue weighted by Gasteiger charge is 2.28. The number of hydrogen-bond donors (Lipinski definition) is 1. The smallest absolute Gasteiger partial charge is 0.231 e. The van der Waals surface area contributed by atoms with Crippen molar-refractivity contribution in [2.24, 2.45) is 5.73 Å². The number of methoxy groups -OCH3 is 1. The Morgan fingerprint density at radius 2 is 2.38 bits per heavy atom. The van der Waals surface area contributed by atoms with E-state index in [2.05, 4.69) is 0 Å². The number of rotatable bonds is 3. The van der Waals surface area contributed by atoms with Crippen LogP contribution in [0.3, 0.4) is 0 Å². The zero-order valence-electron chi connectivity index (χ0n) is 8.58. The minimum absolute atomic E-state index is 0.0488. The van der Waals surface area contributed by atoms with Crippen LogP contribution < -0.4 is 19.9 Å². The summed E-state index contributed by atoms with van der Waals surface area (Å²) in [5.41, 5.74) is 4.99. The lowest BCUT2D eigenvalue weighted by molar-refractivity contribution is 0.0992. The molecular formula is C10H10FNO4. The average Bonchev–Trinajstić information content (AvgIpc) is 2.74. The number of halogens is 1. The lowest BCUT2D eigenvalue weighted by Gasteiger charge is -2.09. The summed E-state index contributed by atoms with van der Waals surface area (Å²) < 4.78 is 28.7. The van der Waals surface area contributed by atoms with Crippen molar-refractivity contribution in [1.82, 2.24) is 0 Å². The SMILES string of the molecule is COc1cc2c(c(C(=O)CN)c1F)OCO2. The first-order valence-corrected chi connectivity index (χ1v) is 4.58. The number of ketones is 1. The molecule has 0 fully saturated rings. The summed E-state index contributed by atoms with van der Waals surface area (Å²) in [6.07, 6.45) is 0. The molecule has 1 aromatic rings. The van der Waals surface area contributed by atoms with Gasteiger partial charge in [-0.1, -0.05) is 0 Å². The van der Waals surface area contributed by atoms with E-state index in [-0.39, 0.29) is 36.1 Å². The Bertz CT molecular complexity index is 446. The highest BCUT2D eigenvalue weighted by molar-refractivity contribution is 6.01. The van der Waals surface area contributed by atoms with Crippen molar-refractivity contribution >= 4 is 5.78 Å². The highest BCUT2D eigenvalue weighted by atomic mass is 19.1. The summed E-state index contributed by atoms with van der Waals surface area (Å²) in [5.74, 6) is -1.02. The normalized spacial score (nSPS) is 12.7. The van der Waals surface area contributed by atoms with Crippen molar-refractivity contribution in [2.45, 2.75) is 0 Å². The number of nitrogens with two attached hydrogens (primary N) is 1. The molecule has 6 heteroatoms. The lowest BCUT2D eigenvalue weighted by atomic mass is 10.1. The van der Waals surface area contributed by atoms with E-state index in [0.29, 0.717) is 0 Å². The first kappa shape index (κ1) is 10.7. The predicted octanol–water partition coefficient (Wildman–Crippen LogP) is 0.704. The summed E-state index contributed by atoms with van der Waals surface area (Å²) in [5, 5.41) is 0. The number of carbonyl (C=O) groups excluding carboxylic acids is 1. The zero-order valence-corrected chi connectivity index (χ0v) is 8.58. The maximum Gasteiger partial charge on any atom is 0.231 e. The Labute approximate surface area is 90.9 Å². The molecule has 0 bridgehead atoms. The second kappa shape index (κ2) is 3.97. The van der Waals surface area contributed by atoms with E-state index >= 15 is 0 Å². The van der Waals surface area contributed by atoms with Gasteiger partial charge in [0, 0.05) is 6.07 Å². The molecule has 86 valence electrons. The van der Waals surface area contributed by atoms with Gasteiger partial charge in [0.25, 0.3) is 0 Å². The van der Waals surface area contributed by atoms with E-state index in [4.69, 9.17) is 19.9 Å². The number of carbonyl (C=O) groups is 1. The van der Waals surface area contributed by atoms with Crippen molar-refractivity contribution in [3.63, 3.8) is 0 Å². The highest BCUT2D eigenvalue weighted by Crippen LogP contribution is 2.41. The molecule has 0 spiro atoms. The van der Waals surface area contributed by atoms with Crippen LogP contribution in [0.2, 0.25) is 0 Å². The van der Waals surface area contributed by atoms with E-state index in [1.54, 1.807) is 0 Å². The summed E-state index contributed by atoms with van der Waals surface area (Å²) in [6, 6.07) is 1.34. The Balaban J connectivity index is 2.64. The third-order valence-electron chi connectivity index (χ3n) is 2.25. The fourth-order valence-corrected chi connectivity index (χ4v) is 1.50. The molecule has 16 heavy (non-hydrogen) atoms. The van der Waals surface area contributed by atoms with Gasteiger partial charge in [0.1, 0.15) is 5.56 Å². The standard InChI is InChI=1S/C10H10FNO4/c1-14-6-2-7-10(16-4-15-7)8(9(6)11)5(13)3-12/h2H,3-4,12H2,1H3. The van der Waals surface area contributed by atoms with Gasteiger partial charge in [0.05, 0.1) is 13.7 Å². The molecule has 1 aromatic carbocycles. The second-order valence-electron chi connectivity index (χ2n) is 3.13. The minimum Gasteiger partial charge on any atom is -0.494 e. The lowest BCUT2D eigenvalue weighted by Crippen LogP contribution is -2.16. The number of benzene rings is 1. The van der Waals surface area contributed by atoms with Crippen LogP contribution in [0.5, 0.6) is 17.2 Å². The van der Waals surface area contributed by atoms with Gasteiger partial charge in [-0.2, -0.15) is 0 Å². The molecule has 0 unspecified atom stereocenters. The third-order valence-corrected chi connectivity index (χ3v) is 2.25. The Hall–Kier alpha value is -1.82. The van der Waals surface area contributed by atoms with Gasteiger partial charge in [-0.25, -0.2) is 4.39 Å². The Morgan fingerprint density at radius 1 is 1.62 bits per heavy atom. The quantitative estimate of drug-likeness (QED) is 0.770. The van der Waals surface area contributed by atoms with Crippen molar-refractivity contribution in [3.8, 4) is 17.2 Å². The van der Waals surface area contributed by atoms with Crippen LogP contribution in [-0.2, 0) is 0 Å². The second-order valence-corrected chi connectivity index (χ2v) is 3.13. The van der Waals surface area contributed by atoms with Gasteiger partial charge in [0.15, 0.2) is 28.8 Å². The van der Waals surface area contributed by atoms with Crippen molar-refractivity contribution in [2.75, 3.05) is 20.4 Å². The predicted molar refractivity (Wildman–Crippen MR) is 52.5 cm³/mol. The first-order valence-electron chi connectivity index (χ1n) is 4.58. The molecule has 0 aromatic heterocycles. The molecule has 2 N–H and O–H groups in total. The molecule has 0 amide bonds. The molecule has 0 atom stereocenters. The summed E-state index contributed by atoms with van der Waals surface area (Å²) in [6.45, 7) is -0.354. The van der Waals surface area contributed by atoms with Crippen LogP contribution in [0.25, 0.3) is 0 Å². The molecule has 0 saturated carbocycles. The molecule has 0 aliphatic carbocycles. The Kier molecular flexibility index (Phi) is 2.66. The van der Waals surface area contributed by atoms with Crippen molar-refractivity contribution in [1.29, 1.82) is 0 Å². The molecule has 2 rings (SSSR count). The molecule has 0 radical (unpaired) electrons. The maximum atomic E-state index is 13.8. The number of hydrogen-bond acceptors (Lipinski definition) is 5. The summed E-state index contributed by atoms with van der Waals surface area (Å²) in [4.78, 5) is 11.5. The van der Waals surface area contributed by atoms with E-state index < -0.39 is 11.6 Å². The molecule has 1 aliphatic heterocycles. The molecule has 1 aliphatic rings. The van der Waals surface area contributed by atoms with Crippen LogP contribution in [-0.4, -0.2) is 26.2 Å². The zero-order chi connectivity index (χ0) is 11.7. The summed E-state index contributed by atoms with van der Waals surface area (Å²) in [7, 11) is 1.30. The van der Waals surface area contributed by atoms with Crippen molar-refractivity contribution in [3.05, 3.63) is 17.4 Å². The first-order chi connectivity index (χ1) is 7.69. The molecule has 1 heterocycles.